The third kappa shape index (κ3) is 3.91. The van der Waals surface area contributed by atoms with Crippen LogP contribution in [0.2, 0.25) is 0 Å². The van der Waals surface area contributed by atoms with Gasteiger partial charge in [-0.05, 0) is 45.0 Å². The molecule has 0 aliphatic carbocycles. The molecule has 1 aliphatic heterocycles. The van der Waals surface area contributed by atoms with E-state index < -0.39 is 0 Å². The van der Waals surface area contributed by atoms with Gasteiger partial charge in [0.05, 0.1) is 0 Å². The average Bonchev–Trinajstić information content (AvgIpc) is 3.29. The van der Waals surface area contributed by atoms with Crippen molar-refractivity contribution in [1.29, 1.82) is 0 Å². The van der Waals surface area contributed by atoms with Crippen molar-refractivity contribution in [2.75, 3.05) is 18.4 Å². The number of nitrogens with one attached hydrogen (secondary N) is 2. The number of aromatic nitrogens is 4. The molecule has 0 saturated carbocycles. The predicted molar refractivity (Wildman–Crippen MR) is 106 cm³/mol. The molecule has 1 aliphatic rings. The number of rotatable bonds is 4. The maximum atomic E-state index is 12.7. The van der Waals surface area contributed by atoms with Crippen LogP contribution in [0.4, 0.5) is 5.95 Å². The minimum atomic E-state index is -0.197. The van der Waals surface area contributed by atoms with E-state index in [2.05, 4.69) is 25.7 Å². The van der Waals surface area contributed by atoms with Gasteiger partial charge < -0.3 is 5.32 Å². The summed E-state index contributed by atoms with van der Waals surface area (Å²) in [7, 11) is 1.81. The van der Waals surface area contributed by atoms with Crippen LogP contribution in [-0.2, 0) is 7.05 Å². The van der Waals surface area contributed by atoms with E-state index in [0.717, 1.165) is 48.0 Å². The number of thiazole rings is 1. The lowest BCUT2D eigenvalue weighted by Crippen LogP contribution is -2.27. The Hall–Kier alpha value is -2.58. The van der Waals surface area contributed by atoms with Crippen molar-refractivity contribution in [3.05, 3.63) is 46.7 Å². The first-order chi connectivity index (χ1) is 13.1. The van der Waals surface area contributed by atoms with E-state index in [9.17, 15) is 4.79 Å². The Kier molecular flexibility index (Phi) is 5.00. The van der Waals surface area contributed by atoms with Crippen molar-refractivity contribution in [3.63, 3.8) is 0 Å². The van der Waals surface area contributed by atoms with E-state index in [1.54, 1.807) is 22.1 Å². The molecule has 0 unspecified atom stereocenters. The third-order valence-corrected chi connectivity index (χ3v) is 5.71. The Labute approximate surface area is 161 Å². The summed E-state index contributed by atoms with van der Waals surface area (Å²) >= 11 is 1.57. The molecule has 140 valence electrons. The lowest BCUT2D eigenvalue weighted by Gasteiger charge is -2.19. The fraction of sp³-hybridized carbons (Fsp3) is 0.368. The van der Waals surface area contributed by atoms with Gasteiger partial charge in [-0.2, -0.15) is 10.1 Å². The second-order valence-corrected chi connectivity index (χ2v) is 7.63. The summed E-state index contributed by atoms with van der Waals surface area (Å²) in [5, 5.41) is 13.6. The number of piperidine rings is 1. The number of hydrogen-bond acceptors (Lipinski definition) is 6. The van der Waals surface area contributed by atoms with Gasteiger partial charge in [-0.1, -0.05) is 12.1 Å². The molecular weight excluding hydrogens is 360 g/mol. The smallest absolute Gasteiger partial charge is 0.258 e. The van der Waals surface area contributed by atoms with E-state index >= 15 is 0 Å². The topological polar surface area (TPSA) is 84.7 Å². The van der Waals surface area contributed by atoms with Crippen molar-refractivity contribution in [3.8, 4) is 10.6 Å². The van der Waals surface area contributed by atoms with Crippen LogP contribution in [0.3, 0.4) is 0 Å². The number of carbonyl (C=O) groups is 1. The molecule has 27 heavy (non-hydrogen) atoms. The number of hydrogen-bond donors (Lipinski definition) is 2. The number of benzene rings is 1. The largest absolute Gasteiger partial charge is 0.317 e. The first-order valence-corrected chi connectivity index (χ1v) is 9.93. The second-order valence-electron chi connectivity index (χ2n) is 6.77. The average molecular weight is 382 g/mol. The summed E-state index contributed by atoms with van der Waals surface area (Å²) in [5.41, 5.74) is 2.50. The van der Waals surface area contributed by atoms with Crippen LogP contribution in [0.1, 0.15) is 40.6 Å². The van der Waals surface area contributed by atoms with Gasteiger partial charge >= 0.3 is 0 Å². The van der Waals surface area contributed by atoms with Gasteiger partial charge in [0.2, 0.25) is 5.95 Å². The summed E-state index contributed by atoms with van der Waals surface area (Å²) in [6.45, 7) is 3.92. The molecule has 3 aromatic rings. The summed E-state index contributed by atoms with van der Waals surface area (Å²) in [6, 6.07) is 7.49. The van der Waals surface area contributed by atoms with E-state index in [4.69, 9.17) is 0 Å². The molecule has 8 heteroatoms. The summed E-state index contributed by atoms with van der Waals surface area (Å²) in [4.78, 5) is 21.8. The SMILES string of the molecule is Cc1csc(-c2cccc(C(=O)Nc3nc(C4CCNCC4)nn3C)c2)n1. The molecule has 0 bridgehead atoms. The maximum absolute atomic E-state index is 12.7. The zero-order chi connectivity index (χ0) is 18.8. The second kappa shape index (κ2) is 7.58. The number of anilines is 1. The molecule has 7 nitrogen and oxygen atoms in total. The molecule has 1 aromatic carbocycles. The highest BCUT2D eigenvalue weighted by atomic mass is 32.1. The number of carbonyl (C=O) groups excluding carboxylic acids is 1. The Morgan fingerprint density at radius 3 is 2.85 bits per heavy atom. The van der Waals surface area contributed by atoms with Crippen LogP contribution >= 0.6 is 11.3 Å². The van der Waals surface area contributed by atoms with E-state index in [-0.39, 0.29) is 5.91 Å². The monoisotopic (exact) mass is 382 g/mol. The lowest BCUT2D eigenvalue weighted by atomic mass is 9.98. The minimum absolute atomic E-state index is 0.197. The zero-order valence-corrected chi connectivity index (χ0v) is 16.2. The van der Waals surface area contributed by atoms with Gasteiger partial charge in [0, 0.05) is 35.2 Å². The fourth-order valence-electron chi connectivity index (χ4n) is 3.22. The molecule has 0 radical (unpaired) electrons. The predicted octanol–water partition coefficient (Wildman–Crippen LogP) is 2.97. The molecule has 4 rings (SSSR count). The van der Waals surface area contributed by atoms with Gasteiger partial charge in [0.15, 0.2) is 5.82 Å². The van der Waals surface area contributed by atoms with Gasteiger partial charge in [-0.25, -0.2) is 9.67 Å². The van der Waals surface area contributed by atoms with E-state index in [0.29, 0.717) is 17.4 Å². The fourth-order valence-corrected chi connectivity index (χ4v) is 4.01. The lowest BCUT2D eigenvalue weighted by molar-refractivity contribution is 0.102. The number of aryl methyl sites for hydroxylation is 2. The highest BCUT2D eigenvalue weighted by Crippen LogP contribution is 2.25. The van der Waals surface area contributed by atoms with Crippen molar-refractivity contribution in [2.24, 2.45) is 7.05 Å². The van der Waals surface area contributed by atoms with Gasteiger partial charge in [-0.15, -0.1) is 11.3 Å². The highest BCUT2D eigenvalue weighted by molar-refractivity contribution is 7.13. The van der Waals surface area contributed by atoms with Gasteiger partial charge in [-0.3, -0.25) is 10.1 Å². The van der Waals surface area contributed by atoms with Gasteiger partial charge in [0.1, 0.15) is 5.01 Å². The summed E-state index contributed by atoms with van der Waals surface area (Å²) in [5.74, 6) is 1.43. The number of nitrogens with zero attached hydrogens (tertiary/aromatic N) is 4. The van der Waals surface area contributed by atoms with Crippen molar-refractivity contribution >= 4 is 23.2 Å². The van der Waals surface area contributed by atoms with Crippen LogP contribution in [0.5, 0.6) is 0 Å². The minimum Gasteiger partial charge on any atom is -0.317 e. The summed E-state index contributed by atoms with van der Waals surface area (Å²) in [6.07, 6.45) is 2.04. The van der Waals surface area contributed by atoms with Gasteiger partial charge in [0.25, 0.3) is 5.91 Å². The van der Waals surface area contributed by atoms with E-state index in [1.807, 2.05) is 37.6 Å². The normalized spacial score (nSPS) is 15.0. The molecule has 3 heterocycles. The van der Waals surface area contributed by atoms with Crippen molar-refractivity contribution in [1.82, 2.24) is 25.1 Å². The summed E-state index contributed by atoms with van der Waals surface area (Å²) < 4.78 is 1.64. The van der Waals surface area contributed by atoms with Crippen molar-refractivity contribution < 1.29 is 4.79 Å². The molecule has 1 amide bonds. The standard InChI is InChI=1S/C19H22N6OS/c1-12-11-27-18(21-12)15-5-3-4-14(10-15)17(26)23-19-22-16(24-25(19)2)13-6-8-20-9-7-13/h3-5,10-11,13,20H,6-9H2,1-2H3,(H,22,23,24,26). The molecule has 1 saturated heterocycles. The van der Waals surface area contributed by atoms with Crippen LogP contribution in [0, 0.1) is 6.92 Å². The highest BCUT2D eigenvalue weighted by Gasteiger charge is 2.21. The zero-order valence-electron chi connectivity index (χ0n) is 15.4. The first-order valence-electron chi connectivity index (χ1n) is 9.06. The maximum Gasteiger partial charge on any atom is 0.258 e. The molecule has 0 spiro atoms. The molecule has 2 aromatic heterocycles. The van der Waals surface area contributed by atoms with Crippen LogP contribution in [0.15, 0.2) is 29.6 Å². The molecule has 2 N–H and O–H groups in total. The van der Waals surface area contributed by atoms with Crippen LogP contribution in [0.25, 0.3) is 10.6 Å². The Morgan fingerprint density at radius 1 is 1.30 bits per heavy atom. The molecule has 0 atom stereocenters. The Morgan fingerprint density at radius 2 is 2.11 bits per heavy atom. The third-order valence-electron chi connectivity index (χ3n) is 4.70. The quantitative estimate of drug-likeness (QED) is 0.725. The molecular formula is C19H22N6OS. The Bertz CT molecular complexity index is 957. The van der Waals surface area contributed by atoms with Crippen LogP contribution in [-0.4, -0.2) is 38.7 Å². The number of amides is 1. The van der Waals surface area contributed by atoms with Crippen LogP contribution < -0.4 is 10.6 Å². The van der Waals surface area contributed by atoms with E-state index in [1.165, 1.54) is 0 Å². The molecule has 1 fully saturated rings. The first kappa shape index (κ1) is 17.8. The Balaban J connectivity index is 1.52. The van der Waals surface area contributed by atoms with Crippen molar-refractivity contribution in [2.45, 2.75) is 25.7 Å².